The van der Waals surface area contributed by atoms with Gasteiger partial charge in [-0.2, -0.15) is 0 Å². The van der Waals surface area contributed by atoms with E-state index >= 15 is 0 Å². The normalized spacial score (nSPS) is 9.86. The van der Waals surface area contributed by atoms with Crippen LogP contribution in [0.2, 0.25) is 0 Å². The molecule has 0 unspecified atom stereocenters. The van der Waals surface area contributed by atoms with Crippen molar-refractivity contribution in [3.63, 3.8) is 0 Å². The van der Waals surface area contributed by atoms with Gasteiger partial charge >= 0.3 is 178 Å². The van der Waals surface area contributed by atoms with Crippen LogP contribution >= 0.6 is 0 Å². The Morgan fingerprint density at radius 1 is 0.321 bits per heavy atom. The zero-order valence-electron chi connectivity index (χ0n) is 15.4. The fraction of sp³-hybridized carbons (Fsp3) is 0. The number of hydrogen-bond acceptors (Lipinski definition) is 2. The summed E-state index contributed by atoms with van der Waals surface area (Å²) in [5, 5.41) is 0. The minimum atomic E-state index is -0.370. The van der Waals surface area contributed by atoms with E-state index in [0.29, 0.717) is 0 Å². The van der Waals surface area contributed by atoms with Crippen LogP contribution in [-0.4, -0.2) is 25.8 Å². The van der Waals surface area contributed by atoms with Crippen LogP contribution in [0.25, 0.3) is 0 Å². The maximum absolute atomic E-state index is 2.55. The van der Waals surface area contributed by atoms with E-state index in [1.807, 2.05) is 0 Å². The summed E-state index contributed by atoms with van der Waals surface area (Å²) >= 11 is -0.740. The number of para-hydroxylation sites is 4. The summed E-state index contributed by atoms with van der Waals surface area (Å²) in [6.07, 6.45) is 0. The Labute approximate surface area is 177 Å². The number of rotatable bonds is 4. The first-order valence-corrected chi connectivity index (χ1v) is 17.6. The third-order valence-corrected chi connectivity index (χ3v) is 13.6. The van der Waals surface area contributed by atoms with Gasteiger partial charge in [-0.1, -0.05) is 0 Å². The first-order valence-electron chi connectivity index (χ1n) is 9.23. The summed E-state index contributed by atoms with van der Waals surface area (Å²) in [5.74, 6) is 0. The standard InChI is InChI=1S/C24H20Ge2N2/c1-5-13-21(14-6-1)27(22-15-7-2-8-16-22)25-26-28(23-17-9-3-10-18-23)24-19-11-4-12-20-24/h1-20H. The molecule has 0 spiro atoms. The molecule has 0 atom stereocenters. The fourth-order valence-electron chi connectivity index (χ4n) is 2.96. The van der Waals surface area contributed by atoms with Crippen molar-refractivity contribution in [2.45, 2.75) is 0 Å². The van der Waals surface area contributed by atoms with Gasteiger partial charge < -0.3 is 0 Å². The Morgan fingerprint density at radius 3 is 0.750 bits per heavy atom. The minimum absolute atomic E-state index is 0.370. The van der Waals surface area contributed by atoms with Gasteiger partial charge in [0.25, 0.3) is 0 Å². The van der Waals surface area contributed by atoms with E-state index in [0.717, 1.165) is 0 Å². The number of anilines is 4. The van der Waals surface area contributed by atoms with Gasteiger partial charge in [-0.05, 0) is 0 Å². The Bertz CT molecular complexity index is 894. The monoisotopic (exact) mass is 484 g/mol. The van der Waals surface area contributed by atoms with E-state index in [2.05, 4.69) is 129 Å². The van der Waals surface area contributed by atoms with Crippen LogP contribution in [0.15, 0.2) is 121 Å². The van der Waals surface area contributed by atoms with Gasteiger partial charge in [0.05, 0.1) is 0 Å². The molecule has 28 heavy (non-hydrogen) atoms. The predicted molar refractivity (Wildman–Crippen MR) is 122 cm³/mol. The van der Waals surface area contributed by atoms with Crippen molar-refractivity contribution in [1.29, 1.82) is 0 Å². The summed E-state index contributed by atoms with van der Waals surface area (Å²) < 4.78 is 5.11. The van der Waals surface area contributed by atoms with Crippen LogP contribution in [0.1, 0.15) is 0 Å². The molecular weight excluding hydrogens is 461 g/mol. The molecular formula is C24H20Ge2N2. The van der Waals surface area contributed by atoms with Gasteiger partial charge in [0.1, 0.15) is 0 Å². The Morgan fingerprint density at radius 2 is 0.536 bits per heavy atom. The molecule has 0 radical (unpaired) electrons. The van der Waals surface area contributed by atoms with Crippen molar-refractivity contribution < 1.29 is 0 Å². The molecule has 0 aromatic heterocycles. The van der Waals surface area contributed by atoms with Crippen LogP contribution in [0.4, 0.5) is 22.7 Å². The molecule has 0 N–H and O–H groups in total. The van der Waals surface area contributed by atoms with E-state index < -0.39 is 0 Å². The maximum atomic E-state index is 2.55. The van der Waals surface area contributed by atoms with E-state index in [4.69, 9.17) is 0 Å². The number of nitrogens with zero attached hydrogens (tertiary/aromatic N) is 2. The third-order valence-electron chi connectivity index (χ3n) is 4.33. The number of benzene rings is 4. The molecule has 0 fully saturated rings. The Kier molecular flexibility index (Phi) is 6.53. The number of hydrogen-bond donors (Lipinski definition) is 0. The van der Waals surface area contributed by atoms with E-state index in [1.165, 1.54) is 22.7 Å². The van der Waals surface area contributed by atoms with Gasteiger partial charge in [-0.25, -0.2) is 0 Å². The van der Waals surface area contributed by atoms with E-state index in [-0.39, 0.29) is 25.8 Å². The first kappa shape index (κ1) is 18.9. The summed E-state index contributed by atoms with van der Waals surface area (Å²) in [6, 6.07) is 43.1. The second-order valence-electron chi connectivity index (χ2n) is 6.24. The molecule has 134 valence electrons. The first-order chi connectivity index (χ1) is 13.9. The van der Waals surface area contributed by atoms with Crippen molar-refractivity contribution in [3.05, 3.63) is 121 Å². The molecule has 4 heteroatoms. The molecule has 0 aliphatic carbocycles. The second-order valence-corrected chi connectivity index (χ2v) is 13.9. The van der Waals surface area contributed by atoms with Gasteiger partial charge in [0.15, 0.2) is 0 Å². The molecule has 0 saturated carbocycles. The van der Waals surface area contributed by atoms with Crippen LogP contribution < -0.4 is 7.71 Å². The van der Waals surface area contributed by atoms with Gasteiger partial charge in [-0.15, -0.1) is 0 Å². The summed E-state index contributed by atoms with van der Waals surface area (Å²) in [6.45, 7) is 0. The van der Waals surface area contributed by atoms with Gasteiger partial charge in [-0.3, -0.25) is 0 Å². The van der Waals surface area contributed by atoms with E-state index in [9.17, 15) is 0 Å². The molecule has 4 aromatic rings. The van der Waals surface area contributed by atoms with Gasteiger partial charge in [0.2, 0.25) is 0 Å². The predicted octanol–water partition coefficient (Wildman–Crippen LogP) is 5.82. The second kappa shape index (κ2) is 9.67. The molecule has 0 bridgehead atoms. The van der Waals surface area contributed by atoms with Crippen molar-refractivity contribution >= 4 is 48.5 Å². The molecule has 0 saturated heterocycles. The molecule has 2 nitrogen and oxygen atoms in total. The summed E-state index contributed by atoms with van der Waals surface area (Å²) in [5.41, 5.74) is 5.16. The van der Waals surface area contributed by atoms with E-state index in [1.54, 1.807) is 0 Å². The zero-order valence-corrected chi connectivity index (χ0v) is 19.6. The SMILES string of the molecule is c1ccc([N]([Ge]#[Ge][N](c2ccccc2)c2ccccc2)c2ccccc2)cc1. The van der Waals surface area contributed by atoms with Crippen molar-refractivity contribution in [2.75, 3.05) is 7.71 Å². The van der Waals surface area contributed by atoms with Crippen molar-refractivity contribution in [2.24, 2.45) is 0 Å². The molecule has 4 rings (SSSR count). The third kappa shape index (κ3) is 4.69. The van der Waals surface area contributed by atoms with Crippen LogP contribution in [0, 0.1) is 0 Å². The van der Waals surface area contributed by atoms with Crippen molar-refractivity contribution in [1.82, 2.24) is 0 Å². The molecule has 0 amide bonds. The average molecular weight is 482 g/mol. The topological polar surface area (TPSA) is 6.48 Å². The quantitative estimate of drug-likeness (QED) is 0.339. The Balaban J connectivity index is 1.78. The fourth-order valence-corrected chi connectivity index (χ4v) is 13.5. The van der Waals surface area contributed by atoms with Crippen molar-refractivity contribution in [3.8, 4) is 0 Å². The molecule has 0 aliphatic heterocycles. The summed E-state index contributed by atoms with van der Waals surface area (Å²) in [7, 11) is 0. The molecule has 0 heterocycles. The average Bonchev–Trinajstić information content (AvgIpc) is 2.79. The zero-order chi connectivity index (χ0) is 19.0. The van der Waals surface area contributed by atoms with Crippen LogP contribution in [0.3, 0.4) is 0 Å². The van der Waals surface area contributed by atoms with Crippen LogP contribution in [0.5, 0.6) is 0 Å². The molecule has 4 aromatic carbocycles. The summed E-state index contributed by atoms with van der Waals surface area (Å²) in [4.78, 5) is 0. The van der Waals surface area contributed by atoms with Crippen LogP contribution in [-0.2, 0) is 0 Å². The van der Waals surface area contributed by atoms with Gasteiger partial charge in [0, 0.05) is 0 Å². The molecule has 0 aliphatic rings. The Hall–Kier alpha value is -2.43.